The highest BCUT2D eigenvalue weighted by molar-refractivity contribution is 7.15. The molecule has 7 heteroatoms. The largest absolute Gasteiger partial charge is 0.317 e. The highest BCUT2D eigenvalue weighted by Crippen LogP contribution is 2.29. The normalized spacial score (nSPS) is 15.8. The third-order valence-electron chi connectivity index (χ3n) is 4.34. The summed E-state index contributed by atoms with van der Waals surface area (Å²) in [6.07, 6.45) is 5.74. The van der Waals surface area contributed by atoms with Crippen molar-refractivity contribution in [2.24, 2.45) is 5.73 Å². The maximum absolute atomic E-state index is 13.6. The fourth-order valence-corrected chi connectivity index (χ4v) is 3.69. The van der Waals surface area contributed by atoms with E-state index in [1.165, 1.54) is 11.3 Å². The SMILES string of the molecule is Cc1ccc(Cc2cnc(NC(=O)C3(N)CCCC3)s2)cc1F.Cl. The number of carbonyl (C=O) groups excluding carboxylic acids is 1. The minimum Gasteiger partial charge on any atom is -0.317 e. The molecule has 0 aliphatic heterocycles. The monoisotopic (exact) mass is 369 g/mol. The van der Waals surface area contributed by atoms with Crippen molar-refractivity contribution in [3.63, 3.8) is 0 Å². The number of amides is 1. The summed E-state index contributed by atoms with van der Waals surface area (Å²) < 4.78 is 13.6. The van der Waals surface area contributed by atoms with Crippen molar-refractivity contribution in [1.82, 2.24) is 4.98 Å². The topological polar surface area (TPSA) is 68.0 Å². The molecule has 1 heterocycles. The molecule has 1 aliphatic rings. The van der Waals surface area contributed by atoms with E-state index < -0.39 is 5.54 Å². The predicted octanol–water partition coefficient (Wildman–Crippen LogP) is 3.81. The van der Waals surface area contributed by atoms with E-state index in [-0.39, 0.29) is 24.1 Å². The van der Waals surface area contributed by atoms with Crippen LogP contribution in [0.1, 0.15) is 41.7 Å². The molecule has 4 nitrogen and oxygen atoms in total. The molecule has 1 aliphatic carbocycles. The summed E-state index contributed by atoms with van der Waals surface area (Å²) in [6, 6.07) is 5.22. The summed E-state index contributed by atoms with van der Waals surface area (Å²) in [5.74, 6) is -0.357. The van der Waals surface area contributed by atoms with Gasteiger partial charge in [-0.05, 0) is 37.0 Å². The maximum Gasteiger partial charge on any atom is 0.246 e. The zero-order valence-corrected chi connectivity index (χ0v) is 15.1. The van der Waals surface area contributed by atoms with Crippen molar-refractivity contribution in [2.45, 2.75) is 44.6 Å². The Morgan fingerprint density at radius 2 is 2.12 bits per heavy atom. The number of thiazole rings is 1. The second kappa shape index (κ2) is 7.59. The Hall–Kier alpha value is -1.50. The number of halogens is 2. The van der Waals surface area contributed by atoms with Gasteiger partial charge in [-0.15, -0.1) is 23.7 Å². The zero-order chi connectivity index (χ0) is 16.4. The molecule has 1 saturated carbocycles. The zero-order valence-electron chi connectivity index (χ0n) is 13.5. The first kappa shape index (κ1) is 18.8. The van der Waals surface area contributed by atoms with Gasteiger partial charge in [0.2, 0.25) is 5.91 Å². The van der Waals surface area contributed by atoms with Crippen molar-refractivity contribution in [1.29, 1.82) is 0 Å². The van der Waals surface area contributed by atoms with E-state index in [2.05, 4.69) is 10.3 Å². The van der Waals surface area contributed by atoms with E-state index in [0.29, 0.717) is 17.1 Å². The van der Waals surface area contributed by atoms with E-state index in [4.69, 9.17) is 5.73 Å². The molecule has 0 spiro atoms. The Labute approximate surface area is 151 Å². The van der Waals surface area contributed by atoms with Crippen molar-refractivity contribution < 1.29 is 9.18 Å². The van der Waals surface area contributed by atoms with Crippen LogP contribution in [0.4, 0.5) is 9.52 Å². The molecule has 1 fully saturated rings. The lowest BCUT2D eigenvalue weighted by Crippen LogP contribution is -2.48. The number of aromatic nitrogens is 1. The van der Waals surface area contributed by atoms with Crippen LogP contribution in [-0.4, -0.2) is 16.4 Å². The van der Waals surface area contributed by atoms with Gasteiger partial charge >= 0.3 is 0 Å². The fourth-order valence-electron chi connectivity index (χ4n) is 2.85. The van der Waals surface area contributed by atoms with E-state index in [0.717, 1.165) is 36.1 Å². The highest BCUT2D eigenvalue weighted by Gasteiger charge is 2.37. The highest BCUT2D eigenvalue weighted by atomic mass is 35.5. The lowest BCUT2D eigenvalue weighted by Gasteiger charge is -2.21. The Morgan fingerprint density at radius 1 is 1.42 bits per heavy atom. The average Bonchev–Trinajstić information content (AvgIpc) is 3.13. The quantitative estimate of drug-likeness (QED) is 0.860. The molecule has 2 aromatic rings. The molecule has 130 valence electrons. The van der Waals surface area contributed by atoms with E-state index in [1.807, 2.05) is 6.07 Å². The van der Waals surface area contributed by atoms with Crippen LogP contribution in [0.15, 0.2) is 24.4 Å². The number of nitrogens with one attached hydrogen (secondary N) is 1. The number of rotatable bonds is 4. The van der Waals surface area contributed by atoms with Gasteiger partial charge in [-0.1, -0.05) is 25.0 Å². The smallest absolute Gasteiger partial charge is 0.246 e. The molecular weight excluding hydrogens is 349 g/mol. The van der Waals surface area contributed by atoms with E-state index in [9.17, 15) is 9.18 Å². The number of hydrogen-bond donors (Lipinski definition) is 2. The van der Waals surface area contributed by atoms with Gasteiger partial charge in [0.1, 0.15) is 5.82 Å². The number of nitrogens with zero attached hydrogens (tertiary/aromatic N) is 1. The Morgan fingerprint density at radius 3 is 2.79 bits per heavy atom. The van der Waals surface area contributed by atoms with Crippen LogP contribution >= 0.6 is 23.7 Å². The second-order valence-electron chi connectivity index (χ2n) is 6.21. The van der Waals surface area contributed by atoms with Crippen molar-refractivity contribution >= 4 is 34.8 Å². The molecule has 0 bridgehead atoms. The van der Waals surface area contributed by atoms with Crippen LogP contribution < -0.4 is 11.1 Å². The van der Waals surface area contributed by atoms with Crippen LogP contribution in [-0.2, 0) is 11.2 Å². The third-order valence-corrected chi connectivity index (χ3v) is 5.25. The van der Waals surface area contributed by atoms with Gasteiger partial charge in [0.05, 0.1) is 5.54 Å². The lowest BCUT2D eigenvalue weighted by atomic mass is 9.98. The summed E-state index contributed by atoms with van der Waals surface area (Å²) in [6.45, 7) is 1.74. The van der Waals surface area contributed by atoms with Gasteiger partial charge in [-0.3, -0.25) is 4.79 Å². The first-order chi connectivity index (χ1) is 11.0. The van der Waals surface area contributed by atoms with Gasteiger partial charge in [-0.25, -0.2) is 9.37 Å². The summed E-state index contributed by atoms with van der Waals surface area (Å²) >= 11 is 1.40. The Bertz CT molecular complexity index is 728. The van der Waals surface area contributed by atoms with Gasteiger partial charge in [0, 0.05) is 17.5 Å². The van der Waals surface area contributed by atoms with Gasteiger partial charge in [0.15, 0.2) is 5.13 Å². The number of hydrogen-bond acceptors (Lipinski definition) is 4. The van der Waals surface area contributed by atoms with Crippen molar-refractivity contribution in [3.05, 3.63) is 46.2 Å². The minimum absolute atomic E-state index is 0. The fraction of sp³-hybridized carbons (Fsp3) is 0.412. The molecule has 3 rings (SSSR count). The number of benzene rings is 1. The van der Waals surface area contributed by atoms with Crippen LogP contribution in [0.2, 0.25) is 0 Å². The Balaban J connectivity index is 0.00000208. The molecule has 0 unspecified atom stereocenters. The maximum atomic E-state index is 13.6. The first-order valence-electron chi connectivity index (χ1n) is 7.76. The molecular formula is C17H21ClFN3OS. The summed E-state index contributed by atoms with van der Waals surface area (Å²) in [5.41, 5.74) is 6.90. The van der Waals surface area contributed by atoms with Gasteiger partial charge in [0.25, 0.3) is 0 Å². The summed E-state index contributed by atoms with van der Waals surface area (Å²) in [5, 5.41) is 3.37. The third kappa shape index (κ3) is 4.12. The molecule has 3 N–H and O–H groups in total. The second-order valence-corrected chi connectivity index (χ2v) is 7.32. The predicted molar refractivity (Wildman–Crippen MR) is 97.3 cm³/mol. The van der Waals surface area contributed by atoms with Crippen LogP contribution in [0, 0.1) is 12.7 Å². The molecule has 1 aromatic heterocycles. The molecule has 24 heavy (non-hydrogen) atoms. The lowest BCUT2D eigenvalue weighted by molar-refractivity contribution is -0.121. The van der Waals surface area contributed by atoms with Crippen LogP contribution in [0.3, 0.4) is 0 Å². The van der Waals surface area contributed by atoms with E-state index >= 15 is 0 Å². The minimum atomic E-state index is -0.758. The molecule has 1 aromatic carbocycles. The van der Waals surface area contributed by atoms with Crippen molar-refractivity contribution in [3.8, 4) is 0 Å². The van der Waals surface area contributed by atoms with Crippen molar-refractivity contribution in [2.75, 3.05) is 5.32 Å². The molecule has 0 saturated heterocycles. The number of carbonyl (C=O) groups is 1. The van der Waals surface area contributed by atoms with Crippen LogP contribution in [0.5, 0.6) is 0 Å². The average molecular weight is 370 g/mol. The molecule has 0 radical (unpaired) electrons. The van der Waals surface area contributed by atoms with Crippen LogP contribution in [0.25, 0.3) is 0 Å². The molecule has 1 amide bonds. The number of anilines is 1. The summed E-state index contributed by atoms with van der Waals surface area (Å²) in [4.78, 5) is 17.5. The van der Waals surface area contributed by atoms with Gasteiger partial charge < -0.3 is 11.1 Å². The standard InChI is InChI=1S/C17H20FN3OS.ClH/c1-11-4-5-12(9-14(11)18)8-13-10-20-16(23-13)21-15(22)17(19)6-2-3-7-17;/h4-5,9-10H,2-3,6-8,19H2,1H3,(H,20,21,22);1H. The van der Waals surface area contributed by atoms with Gasteiger partial charge in [-0.2, -0.15) is 0 Å². The Kier molecular flexibility index (Phi) is 5.96. The number of nitrogens with two attached hydrogens (primary N) is 1. The number of aryl methyl sites for hydroxylation is 1. The summed E-state index contributed by atoms with van der Waals surface area (Å²) in [7, 11) is 0. The first-order valence-corrected chi connectivity index (χ1v) is 8.58. The van der Waals surface area contributed by atoms with E-state index in [1.54, 1.807) is 25.3 Å². The molecule has 0 atom stereocenters.